The van der Waals surface area contributed by atoms with Gasteiger partial charge in [-0.3, -0.25) is 0 Å². The van der Waals surface area contributed by atoms with Crippen LogP contribution in [-0.2, 0) is 0 Å². The molecular formula is C17H23N3. The highest BCUT2D eigenvalue weighted by atomic mass is 15.1. The van der Waals surface area contributed by atoms with E-state index in [0.29, 0.717) is 0 Å². The second-order valence-corrected chi connectivity index (χ2v) is 5.45. The van der Waals surface area contributed by atoms with Crippen LogP contribution in [0.15, 0.2) is 48.5 Å². The van der Waals surface area contributed by atoms with Crippen molar-refractivity contribution >= 4 is 11.4 Å². The number of hydrogen-bond acceptors (Lipinski definition) is 3. The summed E-state index contributed by atoms with van der Waals surface area (Å²) in [7, 11) is 8.15. The van der Waals surface area contributed by atoms with Crippen LogP contribution in [0.5, 0.6) is 0 Å². The first kappa shape index (κ1) is 14.4. The van der Waals surface area contributed by atoms with Crippen molar-refractivity contribution in [2.45, 2.75) is 6.04 Å². The molecule has 2 aromatic rings. The van der Waals surface area contributed by atoms with Gasteiger partial charge in [0.05, 0.1) is 6.04 Å². The van der Waals surface area contributed by atoms with E-state index in [0.717, 1.165) is 11.1 Å². The molecule has 3 heteroatoms. The molecule has 2 aromatic carbocycles. The maximum atomic E-state index is 6.34. The van der Waals surface area contributed by atoms with E-state index in [1.807, 2.05) is 28.2 Å². The van der Waals surface area contributed by atoms with E-state index in [1.165, 1.54) is 11.4 Å². The topological polar surface area (TPSA) is 32.5 Å². The summed E-state index contributed by atoms with van der Waals surface area (Å²) in [6.45, 7) is 0. The third-order valence-corrected chi connectivity index (χ3v) is 3.54. The molecule has 3 nitrogen and oxygen atoms in total. The Hall–Kier alpha value is -2.00. The zero-order chi connectivity index (χ0) is 14.7. The van der Waals surface area contributed by atoms with Crippen LogP contribution < -0.4 is 15.5 Å². The van der Waals surface area contributed by atoms with Crippen LogP contribution >= 0.6 is 0 Å². The first-order valence-corrected chi connectivity index (χ1v) is 6.79. The maximum absolute atomic E-state index is 6.34. The summed E-state index contributed by atoms with van der Waals surface area (Å²) in [6.07, 6.45) is 0. The predicted octanol–water partition coefficient (Wildman–Crippen LogP) is 2.87. The second-order valence-electron chi connectivity index (χ2n) is 5.45. The zero-order valence-corrected chi connectivity index (χ0v) is 12.7. The third-order valence-electron chi connectivity index (χ3n) is 3.54. The largest absolute Gasteiger partial charge is 0.378 e. The number of hydrogen-bond donors (Lipinski definition) is 1. The van der Waals surface area contributed by atoms with Gasteiger partial charge in [-0.05, 0) is 35.4 Å². The molecule has 0 aromatic heterocycles. The fourth-order valence-corrected chi connectivity index (χ4v) is 2.15. The Labute approximate surface area is 121 Å². The molecule has 0 bridgehead atoms. The number of nitrogens with zero attached hydrogens (tertiary/aromatic N) is 2. The van der Waals surface area contributed by atoms with Crippen molar-refractivity contribution in [3.63, 3.8) is 0 Å². The highest BCUT2D eigenvalue weighted by Crippen LogP contribution is 2.23. The second kappa shape index (κ2) is 5.97. The van der Waals surface area contributed by atoms with E-state index in [4.69, 9.17) is 5.73 Å². The van der Waals surface area contributed by atoms with Gasteiger partial charge in [-0.2, -0.15) is 0 Å². The van der Waals surface area contributed by atoms with Crippen LogP contribution in [0.2, 0.25) is 0 Å². The minimum atomic E-state index is -0.0811. The summed E-state index contributed by atoms with van der Waals surface area (Å²) in [5.74, 6) is 0. The lowest BCUT2D eigenvalue weighted by Gasteiger charge is -2.17. The fraction of sp³-hybridized carbons (Fsp3) is 0.294. The number of nitrogens with two attached hydrogens (primary N) is 1. The monoisotopic (exact) mass is 269 g/mol. The van der Waals surface area contributed by atoms with Gasteiger partial charge in [0.15, 0.2) is 0 Å². The van der Waals surface area contributed by atoms with E-state index in [9.17, 15) is 0 Å². The van der Waals surface area contributed by atoms with Gasteiger partial charge in [0, 0.05) is 39.6 Å². The van der Waals surface area contributed by atoms with Gasteiger partial charge in [-0.25, -0.2) is 0 Å². The lowest BCUT2D eigenvalue weighted by molar-refractivity contribution is 0.870. The minimum absolute atomic E-state index is 0.0811. The van der Waals surface area contributed by atoms with Crippen molar-refractivity contribution in [1.29, 1.82) is 0 Å². The van der Waals surface area contributed by atoms with E-state index < -0.39 is 0 Å². The Morgan fingerprint density at radius 3 is 1.20 bits per heavy atom. The third kappa shape index (κ3) is 3.11. The molecule has 0 spiro atoms. The average Bonchev–Trinajstić information content (AvgIpc) is 2.46. The number of anilines is 2. The highest BCUT2D eigenvalue weighted by Gasteiger charge is 2.09. The average molecular weight is 269 g/mol. The van der Waals surface area contributed by atoms with E-state index in [1.54, 1.807) is 0 Å². The fourth-order valence-electron chi connectivity index (χ4n) is 2.15. The van der Waals surface area contributed by atoms with Crippen LogP contribution in [0.25, 0.3) is 0 Å². The standard InChI is InChI=1S/C17H23N3/c1-19(2)15-9-5-13(6-10-15)17(18)14-7-11-16(12-8-14)20(3)4/h5-12,17H,18H2,1-4H3. The summed E-state index contributed by atoms with van der Waals surface area (Å²) in [5.41, 5.74) is 11.0. The highest BCUT2D eigenvalue weighted by molar-refractivity contribution is 5.50. The van der Waals surface area contributed by atoms with Gasteiger partial charge in [0.1, 0.15) is 0 Å². The Balaban J connectivity index is 2.19. The summed E-state index contributed by atoms with van der Waals surface area (Å²) in [4.78, 5) is 4.17. The van der Waals surface area contributed by atoms with Gasteiger partial charge >= 0.3 is 0 Å². The Morgan fingerprint density at radius 1 is 0.650 bits per heavy atom. The van der Waals surface area contributed by atoms with Crippen molar-refractivity contribution in [2.24, 2.45) is 5.73 Å². The van der Waals surface area contributed by atoms with Gasteiger partial charge in [0.25, 0.3) is 0 Å². The van der Waals surface area contributed by atoms with Crippen molar-refractivity contribution in [2.75, 3.05) is 38.0 Å². The molecule has 0 saturated carbocycles. The van der Waals surface area contributed by atoms with E-state index in [-0.39, 0.29) is 6.04 Å². The molecular weight excluding hydrogens is 246 g/mol. The molecule has 0 radical (unpaired) electrons. The number of benzene rings is 2. The van der Waals surface area contributed by atoms with Gasteiger partial charge < -0.3 is 15.5 Å². The molecule has 0 unspecified atom stereocenters. The van der Waals surface area contributed by atoms with E-state index in [2.05, 4.69) is 58.3 Å². The SMILES string of the molecule is CN(C)c1ccc(C(N)c2ccc(N(C)C)cc2)cc1. The molecule has 0 atom stereocenters. The molecule has 0 fully saturated rings. The molecule has 2 rings (SSSR count). The van der Waals surface area contributed by atoms with Gasteiger partial charge in [-0.15, -0.1) is 0 Å². The van der Waals surface area contributed by atoms with Crippen LogP contribution in [0.3, 0.4) is 0 Å². The summed E-state index contributed by atoms with van der Waals surface area (Å²) in [5, 5.41) is 0. The number of rotatable bonds is 4. The maximum Gasteiger partial charge on any atom is 0.0551 e. The Bertz CT molecular complexity index is 490. The minimum Gasteiger partial charge on any atom is -0.378 e. The Kier molecular flexibility index (Phi) is 4.30. The summed E-state index contributed by atoms with van der Waals surface area (Å²) in [6, 6.07) is 16.7. The summed E-state index contributed by atoms with van der Waals surface area (Å²) >= 11 is 0. The van der Waals surface area contributed by atoms with Crippen molar-refractivity contribution in [3.05, 3.63) is 59.7 Å². The molecule has 0 aliphatic heterocycles. The van der Waals surface area contributed by atoms with E-state index >= 15 is 0 Å². The Morgan fingerprint density at radius 2 is 0.950 bits per heavy atom. The zero-order valence-electron chi connectivity index (χ0n) is 12.7. The first-order chi connectivity index (χ1) is 9.49. The molecule has 0 amide bonds. The quantitative estimate of drug-likeness (QED) is 0.926. The smallest absolute Gasteiger partial charge is 0.0551 e. The van der Waals surface area contributed by atoms with Gasteiger partial charge in [-0.1, -0.05) is 24.3 Å². The molecule has 0 heterocycles. The molecule has 0 aliphatic rings. The lowest BCUT2D eigenvalue weighted by Crippen LogP contribution is -2.14. The molecule has 106 valence electrons. The van der Waals surface area contributed by atoms with Gasteiger partial charge in [0.2, 0.25) is 0 Å². The van der Waals surface area contributed by atoms with Crippen molar-refractivity contribution in [1.82, 2.24) is 0 Å². The first-order valence-electron chi connectivity index (χ1n) is 6.79. The molecule has 0 aliphatic carbocycles. The predicted molar refractivity (Wildman–Crippen MR) is 87.6 cm³/mol. The molecule has 20 heavy (non-hydrogen) atoms. The summed E-state index contributed by atoms with van der Waals surface area (Å²) < 4.78 is 0. The lowest BCUT2D eigenvalue weighted by atomic mass is 9.99. The van der Waals surface area contributed by atoms with Crippen LogP contribution in [0.1, 0.15) is 17.2 Å². The van der Waals surface area contributed by atoms with Crippen molar-refractivity contribution < 1.29 is 0 Å². The van der Waals surface area contributed by atoms with Crippen LogP contribution in [0.4, 0.5) is 11.4 Å². The normalized spacial score (nSPS) is 10.7. The molecule has 0 saturated heterocycles. The van der Waals surface area contributed by atoms with Crippen LogP contribution in [-0.4, -0.2) is 28.2 Å². The van der Waals surface area contributed by atoms with Crippen LogP contribution in [0, 0.1) is 0 Å². The van der Waals surface area contributed by atoms with Crippen molar-refractivity contribution in [3.8, 4) is 0 Å². The molecule has 2 N–H and O–H groups in total.